The molecular weight excluding hydrogens is 567 g/mol. The number of fused-ring (bicyclic) bond motifs is 1. The quantitative estimate of drug-likeness (QED) is 0.0945. The van der Waals surface area contributed by atoms with Crippen molar-refractivity contribution in [2.75, 3.05) is 12.3 Å². The molecule has 0 spiro atoms. The molecule has 208 valence electrons. The van der Waals surface area contributed by atoms with E-state index in [1.54, 1.807) is 6.92 Å². The van der Waals surface area contributed by atoms with E-state index < -0.39 is 60.9 Å². The van der Waals surface area contributed by atoms with Crippen molar-refractivity contribution >= 4 is 40.4 Å². The zero-order valence-corrected chi connectivity index (χ0v) is 21.5. The highest BCUT2D eigenvalue weighted by molar-refractivity contribution is 7.67. The van der Waals surface area contributed by atoms with E-state index in [-0.39, 0.29) is 23.4 Å². The minimum atomic E-state index is -5.70. The predicted molar refractivity (Wildman–Crippen MR) is 120 cm³/mol. The number of rotatable bonds is 12. The summed E-state index contributed by atoms with van der Waals surface area (Å²) in [6.07, 6.45) is -7.34. The van der Waals surface area contributed by atoms with Crippen LogP contribution in [-0.4, -0.2) is 80.7 Å². The fourth-order valence-electron chi connectivity index (χ4n) is 3.07. The first-order valence-corrected chi connectivity index (χ1v) is 14.5. The van der Waals surface area contributed by atoms with Crippen LogP contribution >= 0.6 is 23.5 Å². The zero-order chi connectivity index (χ0) is 27.8. The molecule has 0 saturated carbocycles. The number of imidazole rings is 1. The molecule has 3 unspecified atom stereocenters. The van der Waals surface area contributed by atoms with Crippen LogP contribution in [0.2, 0.25) is 0 Å². The van der Waals surface area contributed by atoms with Gasteiger partial charge in [0.25, 0.3) is 0 Å². The Kier molecular flexibility index (Phi) is 9.06. The first kappa shape index (κ1) is 29.9. The second-order valence-electron chi connectivity index (χ2n) is 7.66. The fourth-order valence-corrected chi connectivity index (χ4v) is 6.75. The maximum atomic E-state index is 12.6. The van der Waals surface area contributed by atoms with Crippen LogP contribution < -0.4 is 5.73 Å². The Bertz CT molecular complexity index is 1280. The van der Waals surface area contributed by atoms with E-state index in [1.807, 2.05) is 0 Å². The van der Waals surface area contributed by atoms with Crippen molar-refractivity contribution in [3.63, 3.8) is 0 Å². The smallest absolute Gasteiger partial charge is 0.387 e. The third-order valence-corrected chi connectivity index (χ3v) is 8.90. The number of anilines is 1. The molecule has 3 rings (SSSR count). The van der Waals surface area contributed by atoms with E-state index in [0.29, 0.717) is 5.57 Å². The first-order chi connectivity index (χ1) is 17.0. The first-order valence-electron chi connectivity index (χ1n) is 10.0. The second-order valence-corrected chi connectivity index (χ2v) is 12.2. The summed E-state index contributed by atoms with van der Waals surface area (Å²) >= 11 is 0. The predicted octanol–water partition coefficient (Wildman–Crippen LogP) is -0.320. The van der Waals surface area contributed by atoms with Crippen LogP contribution in [0.4, 0.5) is 5.82 Å². The zero-order valence-electron chi connectivity index (χ0n) is 18.8. The molecule has 0 aliphatic carbocycles. The van der Waals surface area contributed by atoms with Gasteiger partial charge in [-0.1, -0.05) is 5.57 Å². The standard InChI is InChI=1S/C15H24N5O14P3/c1-7(2)3-4-30-37(29,33-35(24,25)26)34-36(27,28)32-15(23)11-9(21)10(22)14(31-11)20-6-19-8-12(16)17-5-18-13(8)20/h5-6,9-11,14-15,21-23H,1,3-4H2,2H3,(H,27,28)(H2,16,17,18)(H2,24,25,26)/t9-,10+,11-,14+,15?,37?/m0/s1. The molecule has 3 heterocycles. The Morgan fingerprint density at radius 2 is 1.86 bits per heavy atom. The maximum Gasteiger partial charge on any atom is 0.492 e. The number of hydrogen-bond acceptors (Lipinski definition) is 15. The largest absolute Gasteiger partial charge is 0.492 e. The summed E-state index contributed by atoms with van der Waals surface area (Å²) in [5, 5.41) is 31.1. The lowest BCUT2D eigenvalue weighted by atomic mass is 10.1. The molecule has 2 aromatic rings. The van der Waals surface area contributed by atoms with Gasteiger partial charge in [0.05, 0.1) is 12.9 Å². The highest BCUT2D eigenvalue weighted by atomic mass is 31.3. The molecule has 2 aromatic heterocycles. The van der Waals surface area contributed by atoms with E-state index in [1.165, 1.54) is 0 Å². The monoisotopic (exact) mass is 591 g/mol. The van der Waals surface area contributed by atoms with Crippen LogP contribution in [0.5, 0.6) is 0 Å². The van der Waals surface area contributed by atoms with Crippen LogP contribution in [0.3, 0.4) is 0 Å². The molecule has 19 nitrogen and oxygen atoms in total. The SMILES string of the molecule is C=C(C)CCOP(=O)(OP(=O)(O)O)OP(=O)(O)OC(O)[C@H]1O[C@@H](n2cnc3c(N)ncnc32)[C@H](O)[C@@H]1O. The number of aromatic nitrogens is 4. The summed E-state index contributed by atoms with van der Waals surface area (Å²) < 4.78 is 59.8. The van der Waals surface area contributed by atoms with Gasteiger partial charge in [0.1, 0.15) is 30.2 Å². The van der Waals surface area contributed by atoms with Crippen molar-refractivity contribution in [2.24, 2.45) is 0 Å². The summed E-state index contributed by atoms with van der Waals surface area (Å²) in [4.78, 5) is 39.6. The Morgan fingerprint density at radius 3 is 2.49 bits per heavy atom. The van der Waals surface area contributed by atoms with Crippen molar-refractivity contribution in [3.8, 4) is 0 Å². The van der Waals surface area contributed by atoms with Crippen LogP contribution in [0.1, 0.15) is 19.6 Å². The van der Waals surface area contributed by atoms with Crippen molar-refractivity contribution in [1.82, 2.24) is 19.5 Å². The molecule has 0 radical (unpaired) electrons. The van der Waals surface area contributed by atoms with Crippen molar-refractivity contribution in [3.05, 3.63) is 24.8 Å². The molecule has 37 heavy (non-hydrogen) atoms. The lowest BCUT2D eigenvalue weighted by Crippen LogP contribution is -2.39. The molecule has 1 aliphatic heterocycles. The molecule has 8 N–H and O–H groups in total. The third kappa shape index (κ3) is 7.47. The maximum absolute atomic E-state index is 12.6. The van der Waals surface area contributed by atoms with Gasteiger partial charge < -0.3 is 40.5 Å². The van der Waals surface area contributed by atoms with E-state index in [4.69, 9.17) is 20.3 Å². The highest BCUT2D eigenvalue weighted by Gasteiger charge is 2.51. The Morgan fingerprint density at radius 1 is 1.19 bits per heavy atom. The summed E-state index contributed by atoms with van der Waals surface area (Å²) in [6, 6.07) is 0. The summed E-state index contributed by atoms with van der Waals surface area (Å²) in [6.45, 7) is 4.51. The van der Waals surface area contributed by atoms with E-state index >= 15 is 0 Å². The van der Waals surface area contributed by atoms with Gasteiger partial charge in [0, 0.05) is 0 Å². The number of phosphoric acid groups is 3. The fraction of sp³-hybridized carbons (Fsp3) is 0.533. The molecular formula is C15H24N5O14P3. The molecule has 22 heteroatoms. The van der Waals surface area contributed by atoms with E-state index in [2.05, 4.69) is 39.2 Å². The number of aliphatic hydroxyl groups excluding tert-OH is 3. The molecule has 1 fully saturated rings. The van der Waals surface area contributed by atoms with Gasteiger partial charge in [-0.2, -0.15) is 8.62 Å². The van der Waals surface area contributed by atoms with E-state index in [0.717, 1.165) is 17.2 Å². The third-order valence-electron chi connectivity index (χ3n) is 4.65. The number of nitrogens with two attached hydrogens (primary N) is 1. The van der Waals surface area contributed by atoms with Gasteiger partial charge in [-0.05, 0) is 13.3 Å². The lowest BCUT2D eigenvalue weighted by Gasteiger charge is -2.25. The van der Waals surface area contributed by atoms with Crippen LogP contribution in [0, 0.1) is 0 Å². The summed E-state index contributed by atoms with van der Waals surface area (Å²) in [5.41, 5.74) is 6.40. The minimum absolute atomic E-state index is 0.00202. The Hall–Kier alpha value is -1.66. The van der Waals surface area contributed by atoms with Crippen LogP contribution in [0.15, 0.2) is 24.8 Å². The molecule has 0 aromatic carbocycles. The highest BCUT2D eigenvalue weighted by Crippen LogP contribution is 2.69. The number of phosphoric ester groups is 1. The molecule has 1 saturated heterocycles. The average molecular weight is 591 g/mol. The summed E-state index contributed by atoms with van der Waals surface area (Å²) in [7, 11) is -16.7. The van der Waals surface area contributed by atoms with Crippen molar-refractivity contribution in [2.45, 2.75) is 44.2 Å². The molecule has 1 aliphatic rings. The second kappa shape index (κ2) is 11.2. The number of ether oxygens (including phenoxy) is 1. The van der Waals surface area contributed by atoms with Gasteiger partial charge in [-0.15, -0.1) is 6.58 Å². The van der Waals surface area contributed by atoms with Gasteiger partial charge in [-0.3, -0.25) is 13.6 Å². The average Bonchev–Trinajstić information content (AvgIpc) is 3.27. The Labute approximate surface area is 207 Å². The van der Waals surface area contributed by atoms with Crippen LogP contribution in [0.25, 0.3) is 11.2 Å². The van der Waals surface area contributed by atoms with E-state index in [9.17, 15) is 33.9 Å². The molecule has 0 bridgehead atoms. The van der Waals surface area contributed by atoms with Gasteiger partial charge in [-0.25, -0.2) is 28.6 Å². The number of nitrogen functional groups attached to an aromatic ring is 1. The number of aliphatic hydroxyl groups is 3. The minimum Gasteiger partial charge on any atom is -0.387 e. The van der Waals surface area contributed by atoms with Gasteiger partial charge in [0.15, 0.2) is 24.0 Å². The number of hydrogen-bond donors (Lipinski definition) is 7. The van der Waals surface area contributed by atoms with Gasteiger partial charge in [0.2, 0.25) is 0 Å². The van der Waals surface area contributed by atoms with Gasteiger partial charge >= 0.3 is 23.5 Å². The molecule has 7 atom stereocenters. The summed E-state index contributed by atoms with van der Waals surface area (Å²) in [5.74, 6) is 0.00231. The van der Waals surface area contributed by atoms with Crippen LogP contribution in [-0.2, 0) is 36.1 Å². The lowest BCUT2D eigenvalue weighted by molar-refractivity contribution is -0.160. The van der Waals surface area contributed by atoms with Crippen molar-refractivity contribution < 1.29 is 66.1 Å². The number of nitrogens with zero attached hydrogens (tertiary/aromatic N) is 4. The normalized spacial score (nSPS) is 26.6. The topological polar surface area (TPSA) is 288 Å². The Balaban J connectivity index is 1.75. The molecule has 0 amide bonds. The van der Waals surface area contributed by atoms with Crippen molar-refractivity contribution in [1.29, 1.82) is 0 Å².